The maximum atomic E-state index is 13.1. The summed E-state index contributed by atoms with van der Waals surface area (Å²) in [5.74, 6) is 0.918. The molecule has 2 aliphatic heterocycles. The Kier molecular flexibility index (Phi) is 8.99. The van der Waals surface area contributed by atoms with Crippen molar-refractivity contribution in [3.8, 4) is 11.3 Å². The van der Waals surface area contributed by atoms with Crippen LogP contribution in [0.5, 0.6) is 0 Å². The third-order valence-electron chi connectivity index (χ3n) is 7.33. The van der Waals surface area contributed by atoms with Crippen molar-refractivity contribution in [1.82, 2.24) is 29.7 Å². The molecular formula is C28H37N9O3. The molecule has 12 heteroatoms. The molecule has 4 heterocycles. The highest BCUT2D eigenvalue weighted by molar-refractivity contribution is 5.95. The summed E-state index contributed by atoms with van der Waals surface area (Å²) in [4.78, 5) is 37.4. The van der Waals surface area contributed by atoms with E-state index in [0.717, 1.165) is 54.4 Å². The van der Waals surface area contributed by atoms with Crippen LogP contribution in [0.2, 0.25) is 0 Å². The highest BCUT2D eigenvalue weighted by atomic mass is 16.5. The zero-order chi connectivity index (χ0) is 27.9. The van der Waals surface area contributed by atoms with E-state index in [1.165, 1.54) is 0 Å². The number of amides is 1. The van der Waals surface area contributed by atoms with E-state index < -0.39 is 0 Å². The number of hydrogen-bond acceptors (Lipinski definition) is 11. The highest BCUT2D eigenvalue weighted by Gasteiger charge is 2.22. The molecule has 0 saturated carbocycles. The normalized spacial score (nSPS) is 16.2. The van der Waals surface area contributed by atoms with Gasteiger partial charge in [0, 0.05) is 92.8 Å². The van der Waals surface area contributed by atoms with Crippen LogP contribution in [0.1, 0.15) is 21.6 Å². The maximum absolute atomic E-state index is 13.1. The molecule has 40 heavy (non-hydrogen) atoms. The predicted octanol–water partition coefficient (Wildman–Crippen LogP) is 1.07. The third-order valence-corrected chi connectivity index (χ3v) is 7.33. The maximum Gasteiger partial charge on any atom is 0.254 e. The van der Waals surface area contributed by atoms with Gasteiger partial charge >= 0.3 is 0 Å². The fourth-order valence-electron chi connectivity index (χ4n) is 5.08. The minimum absolute atomic E-state index is 0.0286. The van der Waals surface area contributed by atoms with Gasteiger partial charge in [-0.25, -0.2) is 19.9 Å². The van der Waals surface area contributed by atoms with Gasteiger partial charge in [-0.05, 0) is 31.5 Å². The molecule has 0 aliphatic carbocycles. The molecule has 0 unspecified atom stereocenters. The molecule has 2 fully saturated rings. The molecule has 1 aromatic carbocycles. The molecule has 1 amide bonds. The predicted molar refractivity (Wildman–Crippen MR) is 153 cm³/mol. The quantitative estimate of drug-likeness (QED) is 0.353. The first kappa shape index (κ1) is 27.7. The van der Waals surface area contributed by atoms with Crippen LogP contribution in [0.4, 0.5) is 17.6 Å². The molecular weight excluding hydrogens is 510 g/mol. The second-order valence-corrected chi connectivity index (χ2v) is 9.98. The summed E-state index contributed by atoms with van der Waals surface area (Å²) >= 11 is 0. The summed E-state index contributed by atoms with van der Waals surface area (Å²) < 4.78 is 5.50. The summed E-state index contributed by atoms with van der Waals surface area (Å²) in [5, 5.41) is 12.6. The lowest BCUT2D eigenvalue weighted by molar-refractivity contribution is 0.0615. The van der Waals surface area contributed by atoms with E-state index in [1.54, 1.807) is 12.4 Å². The average Bonchev–Trinajstić information content (AvgIpc) is 2.99. The monoisotopic (exact) mass is 547 g/mol. The van der Waals surface area contributed by atoms with Crippen molar-refractivity contribution >= 4 is 23.5 Å². The molecule has 0 bridgehead atoms. The zero-order valence-corrected chi connectivity index (χ0v) is 22.9. The number of β-amino-alcohol motifs (C(OH)–C–C–N with tert-alkyl or cyclic N) is 1. The number of morpholine rings is 1. The smallest absolute Gasteiger partial charge is 0.254 e. The third kappa shape index (κ3) is 6.64. The number of aliphatic hydroxyl groups excluding tert-OH is 1. The summed E-state index contributed by atoms with van der Waals surface area (Å²) in [6.45, 7) is 9.07. The average molecular weight is 548 g/mol. The van der Waals surface area contributed by atoms with E-state index in [9.17, 15) is 4.79 Å². The number of rotatable bonds is 9. The van der Waals surface area contributed by atoms with Crippen LogP contribution in [-0.2, 0) is 11.2 Å². The van der Waals surface area contributed by atoms with Crippen molar-refractivity contribution in [1.29, 1.82) is 0 Å². The van der Waals surface area contributed by atoms with Gasteiger partial charge < -0.3 is 30.7 Å². The number of nitrogens with zero attached hydrogens (tertiary/aromatic N) is 7. The lowest BCUT2D eigenvalue weighted by atomic mass is 10.0. The first-order valence-corrected chi connectivity index (χ1v) is 13.8. The number of benzene rings is 1. The topological polar surface area (TPSA) is 146 Å². The van der Waals surface area contributed by atoms with Gasteiger partial charge in [-0.1, -0.05) is 6.07 Å². The van der Waals surface area contributed by atoms with Crippen molar-refractivity contribution in [2.24, 2.45) is 0 Å². The number of aryl methyl sites for hydroxylation is 1. The van der Waals surface area contributed by atoms with E-state index in [4.69, 9.17) is 25.5 Å². The van der Waals surface area contributed by atoms with E-state index in [0.29, 0.717) is 57.3 Å². The molecule has 3 aromatic rings. The Morgan fingerprint density at radius 1 is 1.07 bits per heavy atom. The second-order valence-electron chi connectivity index (χ2n) is 9.98. The van der Waals surface area contributed by atoms with Gasteiger partial charge in [0.15, 0.2) is 0 Å². The van der Waals surface area contributed by atoms with E-state index in [1.807, 2.05) is 36.1 Å². The standard InChI is InChI=1S/C28H37N9O3/c1-20-24(25(22-18-31-27(29)32-19-22)34-28(33-20)37-12-15-40-16-13-37)5-6-30-23-4-2-3-21(17-23)26(39)36-9-7-35(8-10-36)11-14-38/h2-4,17-19,30,38H,5-16H2,1H3,(H2,29,31,32). The lowest BCUT2D eigenvalue weighted by Gasteiger charge is -2.34. The van der Waals surface area contributed by atoms with E-state index >= 15 is 0 Å². The lowest BCUT2D eigenvalue weighted by Crippen LogP contribution is -2.49. The minimum atomic E-state index is 0.0286. The Morgan fingerprint density at radius 3 is 2.55 bits per heavy atom. The van der Waals surface area contributed by atoms with Gasteiger partial charge in [-0.2, -0.15) is 0 Å². The Balaban J connectivity index is 1.28. The van der Waals surface area contributed by atoms with Crippen LogP contribution in [0.3, 0.4) is 0 Å². The van der Waals surface area contributed by atoms with Crippen molar-refractivity contribution in [2.75, 3.05) is 88.1 Å². The number of piperazine rings is 1. The van der Waals surface area contributed by atoms with Crippen LogP contribution in [0.25, 0.3) is 11.3 Å². The van der Waals surface area contributed by atoms with Gasteiger partial charge in [0.2, 0.25) is 11.9 Å². The van der Waals surface area contributed by atoms with E-state index in [2.05, 4.69) is 25.1 Å². The van der Waals surface area contributed by atoms with Crippen molar-refractivity contribution in [3.05, 3.63) is 53.5 Å². The molecule has 0 spiro atoms. The van der Waals surface area contributed by atoms with Crippen molar-refractivity contribution in [2.45, 2.75) is 13.3 Å². The van der Waals surface area contributed by atoms with Gasteiger partial charge in [0.25, 0.3) is 5.91 Å². The number of carbonyl (C=O) groups is 1. The summed E-state index contributed by atoms with van der Waals surface area (Å²) in [7, 11) is 0. The van der Waals surface area contributed by atoms with Gasteiger partial charge in [-0.15, -0.1) is 0 Å². The molecule has 2 saturated heterocycles. The Labute approximate surface area is 234 Å². The van der Waals surface area contributed by atoms with Gasteiger partial charge in [-0.3, -0.25) is 9.69 Å². The van der Waals surface area contributed by atoms with Crippen molar-refractivity contribution in [3.63, 3.8) is 0 Å². The Bertz CT molecular complexity index is 1290. The van der Waals surface area contributed by atoms with Crippen LogP contribution in [0.15, 0.2) is 36.7 Å². The van der Waals surface area contributed by atoms with Crippen LogP contribution >= 0.6 is 0 Å². The second kappa shape index (κ2) is 13.0. The largest absolute Gasteiger partial charge is 0.395 e. The van der Waals surface area contributed by atoms with Crippen molar-refractivity contribution < 1.29 is 14.6 Å². The number of carbonyl (C=O) groups excluding carboxylic acids is 1. The molecule has 0 atom stereocenters. The minimum Gasteiger partial charge on any atom is -0.395 e. The zero-order valence-electron chi connectivity index (χ0n) is 22.9. The molecule has 0 radical (unpaired) electrons. The SMILES string of the molecule is Cc1nc(N2CCOCC2)nc(-c2cnc(N)nc2)c1CCNc1cccc(C(=O)N2CCN(CCO)CC2)c1. The first-order valence-electron chi connectivity index (χ1n) is 13.8. The summed E-state index contributed by atoms with van der Waals surface area (Å²) in [5.41, 5.74) is 10.8. The van der Waals surface area contributed by atoms with Gasteiger partial charge in [0.1, 0.15) is 0 Å². The van der Waals surface area contributed by atoms with Crippen LogP contribution < -0.4 is 16.0 Å². The number of aliphatic hydroxyl groups is 1. The molecule has 2 aromatic heterocycles. The molecule has 2 aliphatic rings. The number of anilines is 3. The number of nitrogens with two attached hydrogens (primary N) is 1. The molecule has 5 rings (SSSR count). The number of ether oxygens (including phenoxy) is 1. The highest BCUT2D eigenvalue weighted by Crippen LogP contribution is 2.27. The first-order chi connectivity index (χ1) is 19.5. The van der Waals surface area contributed by atoms with Gasteiger partial charge in [0.05, 0.1) is 25.5 Å². The molecule has 4 N–H and O–H groups in total. The Hall–Kier alpha value is -3.87. The fourth-order valence-corrected chi connectivity index (χ4v) is 5.08. The number of hydrogen-bond donors (Lipinski definition) is 3. The number of aromatic nitrogens is 4. The summed E-state index contributed by atoms with van der Waals surface area (Å²) in [6.07, 6.45) is 4.06. The number of nitrogen functional groups attached to an aromatic ring is 1. The van der Waals surface area contributed by atoms with Crippen LogP contribution in [-0.4, -0.2) is 113 Å². The molecule has 212 valence electrons. The van der Waals surface area contributed by atoms with Crippen LogP contribution in [0, 0.1) is 6.92 Å². The Morgan fingerprint density at radius 2 is 1.82 bits per heavy atom. The number of nitrogens with one attached hydrogen (secondary N) is 1. The fraction of sp³-hybridized carbons (Fsp3) is 0.464. The van der Waals surface area contributed by atoms with E-state index in [-0.39, 0.29) is 18.5 Å². The summed E-state index contributed by atoms with van der Waals surface area (Å²) in [6, 6.07) is 7.63. The molecule has 12 nitrogen and oxygen atoms in total.